The van der Waals surface area contributed by atoms with Crippen molar-refractivity contribution in [2.45, 2.75) is 25.8 Å². The van der Waals surface area contributed by atoms with Crippen molar-refractivity contribution in [2.24, 2.45) is 5.92 Å². The molecule has 2 N–H and O–H groups in total. The molecule has 0 aliphatic carbocycles. The summed E-state index contributed by atoms with van der Waals surface area (Å²) in [7, 11) is 0. The number of fused-ring (bicyclic) bond motifs is 3. The molecule has 4 heterocycles. The minimum Gasteiger partial charge on any atom is -0.347 e. The number of thiophene rings is 1. The van der Waals surface area contributed by atoms with Gasteiger partial charge in [-0.25, -0.2) is 4.98 Å². The fourth-order valence-electron chi connectivity index (χ4n) is 3.77. The molecular formula is C17H20N4O2S. The van der Waals surface area contributed by atoms with E-state index < -0.39 is 0 Å². The van der Waals surface area contributed by atoms with Crippen LogP contribution in [0.2, 0.25) is 0 Å². The van der Waals surface area contributed by atoms with Crippen molar-refractivity contribution in [1.82, 2.24) is 15.2 Å². The Hall–Kier alpha value is -1.99. The SMILES string of the molecule is CC(=O)Nc1csc2cnc(C(=O)N[C@@H]3C[C@H]4CCN(C4)C3)cc12. The number of piperidine rings is 1. The lowest BCUT2D eigenvalue weighted by atomic mass is 9.97. The van der Waals surface area contributed by atoms with Gasteiger partial charge >= 0.3 is 0 Å². The van der Waals surface area contributed by atoms with Crippen LogP contribution in [0.5, 0.6) is 0 Å². The highest BCUT2D eigenvalue weighted by atomic mass is 32.1. The molecule has 0 spiro atoms. The van der Waals surface area contributed by atoms with E-state index in [1.165, 1.54) is 31.2 Å². The van der Waals surface area contributed by atoms with Crippen LogP contribution in [0, 0.1) is 5.92 Å². The summed E-state index contributed by atoms with van der Waals surface area (Å²) in [6.07, 6.45) is 4.00. The first-order chi connectivity index (χ1) is 11.6. The average molecular weight is 344 g/mol. The molecule has 7 heteroatoms. The standard InChI is InChI=1S/C17H20N4O2S/c1-10(22)19-15-9-24-16-6-18-14(5-13(15)16)17(23)20-12-4-11-2-3-21(7-11)8-12/h5-6,9,11-12H,2-4,7-8H2,1H3,(H,19,22)(H,20,23)/t11-,12-/m1/s1. The summed E-state index contributed by atoms with van der Waals surface area (Å²) < 4.78 is 0.956. The van der Waals surface area contributed by atoms with Gasteiger partial charge < -0.3 is 15.5 Å². The van der Waals surface area contributed by atoms with Crippen LogP contribution in [0.25, 0.3) is 10.1 Å². The second-order valence-electron chi connectivity index (χ2n) is 6.72. The topological polar surface area (TPSA) is 74.3 Å². The second kappa shape index (κ2) is 6.14. The highest BCUT2D eigenvalue weighted by molar-refractivity contribution is 7.17. The molecule has 0 aromatic carbocycles. The average Bonchev–Trinajstić information content (AvgIpc) is 3.09. The van der Waals surface area contributed by atoms with Crippen molar-refractivity contribution >= 4 is 38.9 Å². The summed E-state index contributed by atoms with van der Waals surface area (Å²) in [6.45, 7) is 4.73. The summed E-state index contributed by atoms with van der Waals surface area (Å²) in [4.78, 5) is 30.6. The van der Waals surface area contributed by atoms with Gasteiger partial charge in [0.1, 0.15) is 5.69 Å². The number of pyridine rings is 1. The largest absolute Gasteiger partial charge is 0.347 e. The molecule has 3 atom stereocenters. The van der Waals surface area contributed by atoms with Crippen LogP contribution in [0.4, 0.5) is 5.69 Å². The van der Waals surface area contributed by atoms with Crippen LogP contribution in [0.1, 0.15) is 30.3 Å². The first kappa shape index (κ1) is 15.5. The Bertz CT molecular complexity index is 791. The summed E-state index contributed by atoms with van der Waals surface area (Å²) in [6, 6.07) is 1.97. The molecule has 2 aromatic heterocycles. The van der Waals surface area contributed by atoms with Crippen LogP contribution in [-0.2, 0) is 4.79 Å². The van der Waals surface area contributed by atoms with Crippen molar-refractivity contribution < 1.29 is 9.59 Å². The van der Waals surface area contributed by atoms with Gasteiger partial charge in [-0.15, -0.1) is 11.3 Å². The molecule has 6 nitrogen and oxygen atoms in total. The number of carbonyl (C=O) groups is 2. The summed E-state index contributed by atoms with van der Waals surface area (Å²) >= 11 is 1.51. The Morgan fingerprint density at radius 1 is 1.38 bits per heavy atom. The van der Waals surface area contributed by atoms with Crippen molar-refractivity contribution in [3.63, 3.8) is 0 Å². The number of nitrogens with zero attached hydrogens (tertiary/aromatic N) is 2. The molecule has 2 bridgehead atoms. The number of nitrogens with one attached hydrogen (secondary N) is 2. The molecule has 2 saturated heterocycles. The summed E-state index contributed by atoms with van der Waals surface area (Å²) in [5.74, 6) is 0.455. The van der Waals surface area contributed by atoms with E-state index in [1.807, 2.05) is 5.38 Å². The quantitative estimate of drug-likeness (QED) is 0.894. The van der Waals surface area contributed by atoms with Crippen molar-refractivity contribution in [2.75, 3.05) is 25.0 Å². The van der Waals surface area contributed by atoms with Gasteiger partial charge in [0.2, 0.25) is 5.91 Å². The molecule has 4 rings (SSSR count). The molecular weight excluding hydrogens is 324 g/mol. The Kier molecular flexibility index (Phi) is 3.97. The molecule has 2 aliphatic heterocycles. The fourth-order valence-corrected chi connectivity index (χ4v) is 4.61. The van der Waals surface area contributed by atoms with Crippen LogP contribution < -0.4 is 10.6 Å². The third-order valence-corrected chi connectivity index (χ3v) is 5.74. The Morgan fingerprint density at radius 2 is 2.25 bits per heavy atom. The predicted molar refractivity (Wildman–Crippen MR) is 94.3 cm³/mol. The Morgan fingerprint density at radius 3 is 3.04 bits per heavy atom. The van der Waals surface area contributed by atoms with Crippen molar-refractivity contribution in [3.8, 4) is 0 Å². The molecule has 2 amide bonds. The molecule has 0 radical (unpaired) electrons. The van der Waals surface area contributed by atoms with E-state index in [0.717, 1.165) is 35.3 Å². The summed E-state index contributed by atoms with van der Waals surface area (Å²) in [5, 5.41) is 8.67. The Labute approximate surface area is 144 Å². The van der Waals surface area contributed by atoms with E-state index in [-0.39, 0.29) is 17.9 Å². The third kappa shape index (κ3) is 3.01. The molecule has 24 heavy (non-hydrogen) atoms. The van der Waals surface area contributed by atoms with E-state index in [9.17, 15) is 9.59 Å². The maximum atomic E-state index is 12.6. The predicted octanol–water partition coefficient (Wildman–Crippen LogP) is 2.08. The zero-order valence-electron chi connectivity index (χ0n) is 13.5. The smallest absolute Gasteiger partial charge is 0.270 e. The molecule has 2 aliphatic rings. The van der Waals surface area contributed by atoms with E-state index >= 15 is 0 Å². The third-order valence-electron chi connectivity index (χ3n) is 4.81. The van der Waals surface area contributed by atoms with Gasteiger partial charge in [-0.1, -0.05) is 0 Å². The lowest BCUT2D eigenvalue weighted by Crippen LogP contribution is -2.47. The lowest BCUT2D eigenvalue weighted by molar-refractivity contribution is -0.114. The van der Waals surface area contributed by atoms with Crippen LogP contribution in [-0.4, -0.2) is 47.4 Å². The molecule has 0 saturated carbocycles. The lowest BCUT2D eigenvalue weighted by Gasteiger charge is -2.30. The Balaban J connectivity index is 1.52. The van der Waals surface area contributed by atoms with Gasteiger partial charge in [0.05, 0.1) is 10.4 Å². The van der Waals surface area contributed by atoms with Crippen molar-refractivity contribution in [1.29, 1.82) is 0 Å². The highest BCUT2D eigenvalue weighted by Crippen LogP contribution is 2.30. The first-order valence-corrected chi connectivity index (χ1v) is 9.14. The number of amides is 2. The molecule has 1 unspecified atom stereocenters. The van der Waals surface area contributed by atoms with Gasteiger partial charge in [0, 0.05) is 43.0 Å². The highest BCUT2D eigenvalue weighted by Gasteiger charge is 2.33. The molecule has 2 fully saturated rings. The van der Waals surface area contributed by atoms with Gasteiger partial charge in [-0.2, -0.15) is 0 Å². The number of anilines is 1. The van der Waals surface area contributed by atoms with Crippen LogP contribution in [0.15, 0.2) is 17.6 Å². The normalized spacial score (nSPS) is 25.6. The van der Waals surface area contributed by atoms with E-state index in [1.54, 1.807) is 12.3 Å². The summed E-state index contributed by atoms with van der Waals surface area (Å²) in [5.41, 5.74) is 1.14. The van der Waals surface area contributed by atoms with Gasteiger partial charge in [0.15, 0.2) is 0 Å². The van der Waals surface area contributed by atoms with E-state index in [4.69, 9.17) is 0 Å². The molecule has 126 valence electrons. The second-order valence-corrected chi connectivity index (χ2v) is 7.63. The maximum Gasteiger partial charge on any atom is 0.270 e. The van der Waals surface area contributed by atoms with Crippen LogP contribution >= 0.6 is 11.3 Å². The van der Waals surface area contributed by atoms with E-state index in [0.29, 0.717) is 11.6 Å². The number of aromatic nitrogens is 1. The monoisotopic (exact) mass is 344 g/mol. The molecule has 2 aromatic rings. The minimum absolute atomic E-state index is 0.121. The number of hydrogen-bond donors (Lipinski definition) is 2. The van der Waals surface area contributed by atoms with E-state index in [2.05, 4.69) is 20.5 Å². The van der Waals surface area contributed by atoms with Gasteiger partial charge in [-0.3, -0.25) is 9.59 Å². The van der Waals surface area contributed by atoms with Crippen LogP contribution in [0.3, 0.4) is 0 Å². The zero-order chi connectivity index (χ0) is 16.7. The maximum absolute atomic E-state index is 12.6. The number of carbonyl (C=O) groups excluding carboxylic acids is 2. The first-order valence-electron chi connectivity index (χ1n) is 8.26. The van der Waals surface area contributed by atoms with Gasteiger partial charge in [0.25, 0.3) is 5.91 Å². The number of rotatable bonds is 3. The van der Waals surface area contributed by atoms with Gasteiger partial charge in [-0.05, 0) is 31.4 Å². The van der Waals surface area contributed by atoms with Crippen molar-refractivity contribution in [3.05, 3.63) is 23.3 Å². The zero-order valence-corrected chi connectivity index (χ0v) is 14.4. The fraction of sp³-hybridized carbons (Fsp3) is 0.471. The minimum atomic E-state index is -0.135. The number of hydrogen-bond acceptors (Lipinski definition) is 5.